The normalized spacial score (nSPS) is 11.2. The third-order valence-corrected chi connectivity index (χ3v) is 9.60. The van der Waals surface area contributed by atoms with E-state index in [2.05, 4.69) is 64.5 Å². The molecule has 5 rings (SSSR count). The fraction of sp³-hybridized carbons (Fsp3) is 0.297. The molecule has 0 saturated carbocycles. The zero-order chi connectivity index (χ0) is 33.2. The van der Waals surface area contributed by atoms with Crippen molar-refractivity contribution in [1.29, 1.82) is 0 Å². The summed E-state index contributed by atoms with van der Waals surface area (Å²) in [5, 5.41) is 1.04. The Labute approximate surface area is 313 Å². The van der Waals surface area contributed by atoms with E-state index in [4.69, 9.17) is 30.4 Å². The van der Waals surface area contributed by atoms with Crippen LogP contribution in [-0.2, 0) is 22.8 Å². The molecule has 0 aliphatic rings. The van der Waals surface area contributed by atoms with Gasteiger partial charge < -0.3 is 23.7 Å². The van der Waals surface area contributed by atoms with Gasteiger partial charge >= 0.3 is 0 Å². The first kappa shape index (κ1) is 36.9. The van der Waals surface area contributed by atoms with Gasteiger partial charge in [0.2, 0.25) is 0 Å². The van der Waals surface area contributed by atoms with Gasteiger partial charge in [-0.1, -0.05) is 58.4 Å². The molecule has 0 radical (unpaired) electrons. The first-order chi connectivity index (χ1) is 23.7. The van der Waals surface area contributed by atoms with E-state index in [0.29, 0.717) is 46.2 Å². The second-order valence-corrected chi connectivity index (χ2v) is 14.3. The minimum Gasteiger partial charge on any atom is -0.494 e. The maximum absolute atomic E-state index is 6.57. The summed E-state index contributed by atoms with van der Waals surface area (Å²) in [6.07, 6.45) is 3.59. The number of rotatable bonds is 22. The third-order valence-electron chi connectivity index (χ3n) is 7.13. The van der Waals surface area contributed by atoms with Crippen molar-refractivity contribution in [1.82, 2.24) is 0 Å². The molecule has 0 saturated heterocycles. The summed E-state index contributed by atoms with van der Waals surface area (Å²) in [5.41, 5.74) is 2.23. The Bertz CT molecular complexity index is 1640. The quantitative estimate of drug-likeness (QED) is 0.0387. The smallest absolute Gasteiger partial charge is 0.169 e. The summed E-state index contributed by atoms with van der Waals surface area (Å²) < 4.78 is 42.0. The molecule has 0 unspecified atom stereocenters. The van der Waals surface area contributed by atoms with Crippen LogP contribution in [0.5, 0.6) is 23.0 Å². The molecule has 1 aromatic heterocycles. The summed E-state index contributed by atoms with van der Waals surface area (Å²) >= 11 is 8.02. The SMILES string of the molecule is Brc1ccc(-c2sc3cc(OCc4ccccc4)ccc3c2Oc2ccc(OCCCCOCCCOCCCOSOI)cc2)cc1. The lowest BCUT2D eigenvalue weighted by Gasteiger charge is -2.11. The molecule has 0 atom stereocenters. The molecule has 0 spiro atoms. The highest BCUT2D eigenvalue weighted by Gasteiger charge is 2.17. The number of hydrogen-bond acceptors (Lipinski definition) is 9. The van der Waals surface area contributed by atoms with E-state index in [1.165, 1.54) is 0 Å². The zero-order valence-corrected chi connectivity index (χ0v) is 31.8. The van der Waals surface area contributed by atoms with E-state index in [0.717, 1.165) is 91.6 Å². The number of benzene rings is 4. The van der Waals surface area contributed by atoms with Crippen LogP contribution >= 0.6 is 62.6 Å². The van der Waals surface area contributed by atoms with E-state index in [-0.39, 0.29) is 0 Å². The summed E-state index contributed by atoms with van der Waals surface area (Å²) in [7, 11) is 0. The van der Waals surface area contributed by atoms with Gasteiger partial charge in [0.25, 0.3) is 0 Å². The maximum Gasteiger partial charge on any atom is 0.169 e. The Morgan fingerprint density at radius 3 is 2.06 bits per heavy atom. The third kappa shape index (κ3) is 12.2. The van der Waals surface area contributed by atoms with Gasteiger partial charge in [-0.05, 0) is 91.4 Å². The molecule has 48 heavy (non-hydrogen) atoms. The largest absolute Gasteiger partial charge is 0.494 e. The molecule has 7 nitrogen and oxygen atoms in total. The Morgan fingerprint density at radius 2 is 1.31 bits per heavy atom. The van der Waals surface area contributed by atoms with Crippen LogP contribution in [0, 0.1) is 0 Å². The first-order valence-electron chi connectivity index (χ1n) is 15.8. The van der Waals surface area contributed by atoms with Crippen molar-refractivity contribution < 1.29 is 30.4 Å². The van der Waals surface area contributed by atoms with Crippen molar-refractivity contribution in [2.75, 3.05) is 39.6 Å². The predicted octanol–water partition coefficient (Wildman–Crippen LogP) is 11.6. The van der Waals surface area contributed by atoms with Gasteiger partial charge in [-0.15, -0.1) is 11.3 Å². The van der Waals surface area contributed by atoms with Crippen molar-refractivity contribution >= 4 is 72.7 Å². The Balaban J connectivity index is 1.08. The van der Waals surface area contributed by atoms with Crippen molar-refractivity contribution in [3.8, 4) is 33.4 Å². The summed E-state index contributed by atoms with van der Waals surface area (Å²) in [4.78, 5) is 1.07. The molecule has 0 amide bonds. The van der Waals surface area contributed by atoms with Crippen LogP contribution in [0.4, 0.5) is 0 Å². The molecular formula is C37H38BrIO7S2. The second-order valence-electron chi connectivity index (χ2n) is 10.7. The molecule has 254 valence electrons. The van der Waals surface area contributed by atoms with E-state index in [1.807, 2.05) is 48.5 Å². The zero-order valence-electron chi connectivity index (χ0n) is 26.4. The van der Waals surface area contributed by atoms with E-state index < -0.39 is 0 Å². The number of unbranched alkanes of at least 4 members (excludes halogenated alkanes) is 1. The highest BCUT2D eigenvalue weighted by Crippen LogP contribution is 2.47. The Morgan fingerprint density at radius 1 is 0.646 bits per heavy atom. The van der Waals surface area contributed by atoms with Gasteiger partial charge in [0.05, 0.1) is 18.1 Å². The fourth-order valence-corrected chi connectivity index (χ4v) is 6.70. The molecule has 11 heteroatoms. The second kappa shape index (κ2) is 21.0. The van der Waals surface area contributed by atoms with Crippen LogP contribution < -0.4 is 14.2 Å². The topological polar surface area (TPSA) is 64.6 Å². The Hall–Kier alpha value is -2.36. The average Bonchev–Trinajstić information content (AvgIpc) is 3.47. The molecular weight excluding hydrogens is 827 g/mol. The van der Waals surface area contributed by atoms with Crippen molar-refractivity contribution in [2.24, 2.45) is 0 Å². The molecule has 0 aliphatic carbocycles. The first-order valence-corrected chi connectivity index (χ1v) is 19.0. The lowest BCUT2D eigenvalue weighted by molar-refractivity contribution is 0.0758. The van der Waals surface area contributed by atoms with E-state index in [9.17, 15) is 0 Å². The van der Waals surface area contributed by atoms with Gasteiger partial charge in [0.15, 0.2) is 18.1 Å². The van der Waals surface area contributed by atoms with E-state index >= 15 is 0 Å². The van der Waals surface area contributed by atoms with Crippen molar-refractivity contribution in [3.63, 3.8) is 0 Å². The van der Waals surface area contributed by atoms with Crippen LogP contribution in [0.1, 0.15) is 31.2 Å². The van der Waals surface area contributed by atoms with Crippen LogP contribution in [0.15, 0.2) is 102 Å². The number of hydrogen-bond donors (Lipinski definition) is 0. The number of fused-ring (bicyclic) bond motifs is 1. The van der Waals surface area contributed by atoms with Crippen LogP contribution in [0.2, 0.25) is 0 Å². The summed E-state index contributed by atoms with van der Waals surface area (Å²) in [6, 6.07) is 32.5. The van der Waals surface area contributed by atoms with Crippen LogP contribution in [0.25, 0.3) is 20.5 Å². The maximum atomic E-state index is 6.57. The van der Waals surface area contributed by atoms with Gasteiger partial charge in [-0.3, -0.25) is 4.18 Å². The fourth-order valence-electron chi connectivity index (χ4n) is 4.73. The Kier molecular flexibility index (Phi) is 16.1. The molecule has 0 fully saturated rings. The summed E-state index contributed by atoms with van der Waals surface area (Å²) in [5.74, 6) is 3.23. The number of thiophene rings is 1. The molecule has 5 aromatic rings. The number of halogens is 2. The highest BCUT2D eigenvalue weighted by molar-refractivity contribution is 14.1. The number of ether oxygens (including phenoxy) is 5. The van der Waals surface area contributed by atoms with Crippen LogP contribution in [0.3, 0.4) is 0 Å². The average molecular weight is 866 g/mol. The van der Waals surface area contributed by atoms with E-state index in [1.54, 1.807) is 34.3 Å². The van der Waals surface area contributed by atoms with Gasteiger partial charge in [-0.25, -0.2) is 2.51 Å². The van der Waals surface area contributed by atoms with Crippen LogP contribution in [-0.4, -0.2) is 39.6 Å². The molecule has 0 aliphatic heterocycles. The lowest BCUT2D eigenvalue weighted by Crippen LogP contribution is -2.05. The molecule has 1 heterocycles. The van der Waals surface area contributed by atoms with Gasteiger partial charge in [0, 0.05) is 41.0 Å². The molecule has 0 N–H and O–H groups in total. The lowest BCUT2D eigenvalue weighted by atomic mass is 10.1. The highest BCUT2D eigenvalue weighted by atomic mass is 127. The van der Waals surface area contributed by atoms with Crippen molar-refractivity contribution in [3.05, 3.63) is 107 Å². The minimum atomic E-state index is 0.520. The molecule has 0 bridgehead atoms. The monoisotopic (exact) mass is 864 g/mol. The van der Waals surface area contributed by atoms with Gasteiger partial charge in [-0.2, -0.15) is 0 Å². The predicted molar refractivity (Wildman–Crippen MR) is 206 cm³/mol. The summed E-state index contributed by atoms with van der Waals surface area (Å²) in [6.45, 7) is 4.54. The standard InChI is InChI=1S/C37H38BrIO7S2/c38-30-12-10-29(11-13-30)37-36(34-19-18-33(26-35(34)47-37)43-27-28-8-2-1-3-9-28)45-32-16-14-31(15-17-32)42-24-5-4-20-40-21-6-22-41-23-7-25-44-48-46-39/h1-3,8-19,26H,4-7,20-25,27H2. The minimum absolute atomic E-state index is 0.520. The van der Waals surface area contributed by atoms with Gasteiger partial charge in [0.1, 0.15) is 46.9 Å². The molecule has 4 aromatic carbocycles. The van der Waals surface area contributed by atoms with Crippen molar-refractivity contribution in [2.45, 2.75) is 32.3 Å².